The summed E-state index contributed by atoms with van der Waals surface area (Å²) in [6.07, 6.45) is 5.96. The molecule has 0 amide bonds. The van der Waals surface area contributed by atoms with Gasteiger partial charge in [-0.05, 0) is 133 Å². The summed E-state index contributed by atoms with van der Waals surface area (Å²) in [5.41, 5.74) is 5.53. The highest BCUT2D eigenvalue weighted by Crippen LogP contribution is 2.78. The summed E-state index contributed by atoms with van der Waals surface area (Å²) in [7, 11) is 0. The van der Waals surface area contributed by atoms with Gasteiger partial charge in [-0.15, -0.1) is 0 Å². The number of ether oxygens (including phenoxy) is 1. The number of aliphatic hydroxyl groups excluding tert-OH is 6. The summed E-state index contributed by atoms with van der Waals surface area (Å²) < 4.78 is 5.56. The van der Waals surface area contributed by atoms with E-state index in [2.05, 4.69) is 48.5 Å². The molecule has 49 heavy (non-hydrogen) atoms. The van der Waals surface area contributed by atoms with Crippen molar-refractivity contribution in [3.63, 3.8) is 0 Å². The molecule has 0 aromatic carbocycles. The Kier molecular flexibility index (Phi) is 10.1. The Bertz CT molecular complexity index is 1200. The molecule has 284 valence electrons. The zero-order chi connectivity index (χ0) is 36.1. The quantitative estimate of drug-likeness (QED) is 0.179. The second kappa shape index (κ2) is 12.9. The van der Waals surface area contributed by atoms with Crippen LogP contribution >= 0.6 is 0 Å². The summed E-state index contributed by atoms with van der Waals surface area (Å²) in [5, 5.41) is 73.4. The van der Waals surface area contributed by atoms with E-state index in [4.69, 9.17) is 10.5 Å². The highest BCUT2D eigenvalue weighted by Gasteiger charge is 2.70. The van der Waals surface area contributed by atoms with Crippen LogP contribution < -0.4 is 5.73 Å². The molecule has 9 nitrogen and oxygen atoms in total. The van der Waals surface area contributed by atoms with E-state index < -0.39 is 61.5 Å². The molecular formula is C40H71NO8. The Hall–Kier alpha value is -0.360. The third-order valence-electron chi connectivity index (χ3n) is 17.7. The first-order valence-electron chi connectivity index (χ1n) is 19.8. The van der Waals surface area contributed by atoms with E-state index in [0.717, 1.165) is 18.3 Å². The predicted octanol–water partition coefficient (Wildman–Crippen LogP) is 3.76. The zero-order valence-electron chi connectivity index (χ0n) is 31.5. The standard InChI is InChI=1S/C40H71NO8/c1-22(19-25(43)31(45)26(44)20-49-34-30(41)32(46)33(47)40(34,48)21-42)23-11-16-36(4)24(23)12-17-38(6)28(36)9-10-29-37(5)15-8-14-35(2,3)27(37)13-18-39(29,38)7/h22-34,42-48H,8-21,41H2,1-7H3/t22-,23+,24-,25?,26?,27-,28+,29+,30?,31?,32?,33?,34?,36-,37-,38+,39+,40?/m0/s1. The van der Waals surface area contributed by atoms with Gasteiger partial charge in [0.2, 0.25) is 0 Å². The summed E-state index contributed by atoms with van der Waals surface area (Å²) in [4.78, 5) is 0. The number of hydrogen-bond acceptors (Lipinski definition) is 9. The molecule has 0 spiro atoms. The average molecular weight is 694 g/mol. The van der Waals surface area contributed by atoms with Crippen molar-refractivity contribution in [2.24, 2.45) is 68.3 Å². The minimum absolute atomic E-state index is 0.160. The molecule has 6 aliphatic carbocycles. The second-order valence-electron chi connectivity index (χ2n) is 20.1. The largest absolute Gasteiger partial charge is 0.393 e. The van der Waals surface area contributed by atoms with E-state index in [-0.39, 0.29) is 11.3 Å². The lowest BCUT2D eigenvalue weighted by Gasteiger charge is -2.73. The van der Waals surface area contributed by atoms with E-state index in [9.17, 15) is 35.7 Å². The van der Waals surface area contributed by atoms with Crippen LogP contribution in [0.5, 0.6) is 0 Å². The average Bonchev–Trinajstić information content (AvgIpc) is 3.47. The van der Waals surface area contributed by atoms with Gasteiger partial charge in [0.05, 0.1) is 25.4 Å². The normalized spacial score (nSPS) is 53.1. The lowest BCUT2D eigenvalue weighted by Crippen LogP contribution is -2.65. The Morgan fingerprint density at radius 1 is 0.755 bits per heavy atom. The highest BCUT2D eigenvalue weighted by molar-refractivity contribution is 5.19. The van der Waals surface area contributed by atoms with Crippen LogP contribution in [0, 0.1) is 62.6 Å². The van der Waals surface area contributed by atoms with Gasteiger partial charge >= 0.3 is 0 Å². The first kappa shape index (κ1) is 38.4. The molecule has 0 saturated heterocycles. The fourth-order valence-electron chi connectivity index (χ4n) is 14.9. The van der Waals surface area contributed by atoms with E-state index in [1.807, 2.05) is 0 Å². The van der Waals surface area contributed by atoms with Crippen LogP contribution in [-0.4, -0.2) is 97.2 Å². The molecule has 8 unspecified atom stereocenters. The van der Waals surface area contributed by atoms with Crippen LogP contribution in [0.25, 0.3) is 0 Å². The van der Waals surface area contributed by atoms with E-state index in [1.165, 1.54) is 64.2 Å². The van der Waals surface area contributed by atoms with Gasteiger partial charge in [0, 0.05) is 0 Å². The van der Waals surface area contributed by atoms with E-state index >= 15 is 0 Å². The van der Waals surface area contributed by atoms with Gasteiger partial charge in [-0.1, -0.05) is 54.9 Å². The minimum atomic E-state index is -2.21. The molecule has 0 radical (unpaired) electrons. The number of aliphatic hydroxyl groups is 7. The molecular weight excluding hydrogens is 622 g/mol. The van der Waals surface area contributed by atoms with Gasteiger partial charge in [-0.3, -0.25) is 0 Å². The lowest BCUT2D eigenvalue weighted by molar-refractivity contribution is -0.241. The Morgan fingerprint density at radius 2 is 1.37 bits per heavy atom. The van der Waals surface area contributed by atoms with Crippen molar-refractivity contribution in [2.75, 3.05) is 13.2 Å². The van der Waals surface area contributed by atoms with Gasteiger partial charge < -0.3 is 46.2 Å². The summed E-state index contributed by atoms with van der Waals surface area (Å²) in [6, 6.07) is -1.20. The van der Waals surface area contributed by atoms with Crippen molar-refractivity contribution in [1.82, 2.24) is 0 Å². The molecule has 9 N–H and O–H groups in total. The van der Waals surface area contributed by atoms with Crippen LogP contribution in [0.2, 0.25) is 0 Å². The van der Waals surface area contributed by atoms with E-state index in [0.29, 0.717) is 45.8 Å². The lowest BCUT2D eigenvalue weighted by atomic mass is 9.32. The molecule has 6 fully saturated rings. The molecule has 0 aliphatic heterocycles. The van der Waals surface area contributed by atoms with E-state index in [1.54, 1.807) is 0 Å². The second-order valence-corrected chi connectivity index (χ2v) is 20.1. The zero-order valence-corrected chi connectivity index (χ0v) is 31.5. The molecule has 6 rings (SSSR count). The van der Waals surface area contributed by atoms with Crippen LogP contribution in [-0.2, 0) is 4.74 Å². The molecule has 18 atom stereocenters. The Labute approximate surface area is 295 Å². The summed E-state index contributed by atoms with van der Waals surface area (Å²) >= 11 is 0. The number of nitrogens with two attached hydrogens (primary N) is 1. The summed E-state index contributed by atoms with van der Waals surface area (Å²) in [5.74, 6) is 3.50. The molecule has 0 aromatic rings. The number of hydrogen-bond donors (Lipinski definition) is 8. The van der Waals surface area contributed by atoms with Gasteiger partial charge in [-0.25, -0.2) is 0 Å². The first-order chi connectivity index (χ1) is 22.7. The van der Waals surface area contributed by atoms with Crippen molar-refractivity contribution in [3.05, 3.63) is 0 Å². The molecule has 9 heteroatoms. The first-order valence-corrected chi connectivity index (χ1v) is 19.8. The van der Waals surface area contributed by atoms with Crippen LogP contribution in [0.4, 0.5) is 0 Å². The predicted molar refractivity (Wildman–Crippen MR) is 188 cm³/mol. The van der Waals surface area contributed by atoms with Gasteiger partial charge in [0.25, 0.3) is 0 Å². The molecule has 6 saturated carbocycles. The number of rotatable bonds is 9. The van der Waals surface area contributed by atoms with Gasteiger partial charge in [-0.2, -0.15) is 0 Å². The molecule has 0 aromatic heterocycles. The SMILES string of the molecule is C[C@@H](CC(O)C(O)C(O)COC1C(N)C(O)C(O)C1(O)CO)[C@H]1CC[C@]2(C)[C@H]3CC[C@@H]4[C@@]5(C)CCCC(C)(C)[C@@H]5CC[C@@]4(C)[C@]3(C)CC[C@@H]12. The maximum Gasteiger partial charge on any atom is 0.144 e. The van der Waals surface area contributed by atoms with Crippen molar-refractivity contribution in [1.29, 1.82) is 0 Å². The third-order valence-corrected chi connectivity index (χ3v) is 17.7. The van der Waals surface area contributed by atoms with Crippen LogP contribution in [0.1, 0.15) is 126 Å². The van der Waals surface area contributed by atoms with Crippen molar-refractivity contribution in [2.45, 2.75) is 174 Å². The van der Waals surface area contributed by atoms with Crippen LogP contribution in [0.15, 0.2) is 0 Å². The fourth-order valence-corrected chi connectivity index (χ4v) is 14.9. The summed E-state index contributed by atoms with van der Waals surface area (Å²) in [6.45, 7) is 16.5. The minimum Gasteiger partial charge on any atom is -0.393 e. The van der Waals surface area contributed by atoms with Crippen molar-refractivity contribution >= 4 is 0 Å². The smallest absolute Gasteiger partial charge is 0.144 e. The van der Waals surface area contributed by atoms with Crippen molar-refractivity contribution in [3.8, 4) is 0 Å². The monoisotopic (exact) mass is 694 g/mol. The van der Waals surface area contributed by atoms with Gasteiger partial charge in [0.15, 0.2) is 0 Å². The fraction of sp³-hybridized carbons (Fsp3) is 1.00. The maximum atomic E-state index is 11.1. The molecule has 0 bridgehead atoms. The maximum absolute atomic E-state index is 11.1. The Morgan fingerprint density at radius 3 is 2.00 bits per heavy atom. The van der Waals surface area contributed by atoms with Gasteiger partial charge in [0.1, 0.15) is 36.1 Å². The molecule has 6 aliphatic rings. The highest BCUT2D eigenvalue weighted by atomic mass is 16.5. The van der Waals surface area contributed by atoms with Crippen LogP contribution in [0.3, 0.4) is 0 Å². The molecule has 0 heterocycles. The van der Waals surface area contributed by atoms with Crippen molar-refractivity contribution < 1.29 is 40.5 Å². The third kappa shape index (κ3) is 5.56. The Balaban J connectivity index is 1.10. The topological polar surface area (TPSA) is 177 Å². The number of fused-ring (bicyclic) bond motifs is 7.